The first-order valence-corrected chi connectivity index (χ1v) is 9.01. The lowest BCUT2D eigenvalue weighted by molar-refractivity contribution is 0.0925. The number of carbonyl (C=O) groups is 1. The summed E-state index contributed by atoms with van der Waals surface area (Å²) in [7, 11) is 0. The van der Waals surface area contributed by atoms with Gasteiger partial charge in [-0.15, -0.1) is 24.8 Å². The molecule has 0 saturated carbocycles. The number of pyridine rings is 1. The molecule has 1 amide bonds. The maximum absolute atomic E-state index is 12.8. The van der Waals surface area contributed by atoms with Crippen molar-refractivity contribution in [3.05, 3.63) is 40.0 Å². The van der Waals surface area contributed by atoms with Crippen molar-refractivity contribution in [3.8, 4) is 0 Å². The third-order valence-electron chi connectivity index (χ3n) is 4.95. The van der Waals surface area contributed by atoms with E-state index in [1.165, 1.54) is 12.8 Å². The standard InChI is InChI=1S/C18H20BrN3O.2ClH/c1-10-6-16(15-5-2-11(19)7-17(15)20-10)18(23)22-14-8-12-3-4-13(9-14)21-12;;/h2,5-7,12-14,21H,3-4,8-9H2,1H3,(H,22,23);2*1H. The molecule has 3 heterocycles. The lowest BCUT2D eigenvalue weighted by Crippen LogP contribution is -2.48. The van der Waals surface area contributed by atoms with Crippen molar-refractivity contribution in [2.75, 3.05) is 0 Å². The van der Waals surface area contributed by atoms with Gasteiger partial charge in [-0.25, -0.2) is 0 Å². The number of nitrogens with one attached hydrogen (secondary N) is 2. The van der Waals surface area contributed by atoms with Crippen molar-refractivity contribution >= 4 is 57.6 Å². The molecule has 4 rings (SSSR count). The van der Waals surface area contributed by atoms with Gasteiger partial charge in [0.2, 0.25) is 0 Å². The predicted molar refractivity (Wildman–Crippen MR) is 109 cm³/mol. The van der Waals surface area contributed by atoms with Crippen LogP contribution in [0.1, 0.15) is 41.7 Å². The van der Waals surface area contributed by atoms with Gasteiger partial charge in [0, 0.05) is 33.7 Å². The molecule has 136 valence electrons. The second-order valence-electron chi connectivity index (χ2n) is 6.75. The lowest BCUT2D eigenvalue weighted by atomic mass is 9.99. The number of aryl methyl sites for hydroxylation is 1. The summed E-state index contributed by atoms with van der Waals surface area (Å²) in [6.07, 6.45) is 4.55. The molecule has 2 unspecified atom stereocenters. The van der Waals surface area contributed by atoms with Crippen molar-refractivity contribution in [2.24, 2.45) is 0 Å². The van der Waals surface area contributed by atoms with E-state index in [0.717, 1.165) is 39.5 Å². The third kappa shape index (κ3) is 4.27. The topological polar surface area (TPSA) is 54.0 Å². The quantitative estimate of drug-likeness (QED) is 0.727. The zero-order valence-corrected chi connectivity index (χ0v) is 17.1. The fourth-order valence-electron chi connectivity index (χ4n) is 3.96. The fraction of sp³-hybridized carbons (Fsp3) is 0.444. The van der Waals surface area contributed by atoms with Crippen LogP contribution in [0.2, 0.25) is 0 Å². The Balaban J connectivity index is 0.00000113. The minimum atomic E-state index is 0. The number of aromatic nitrogens is 1. The molecular weight excluding hydrogens is 425 g/mol. The molecule has 1 aromatic carbocycles. The van der Waals surface area contributed by atoms with Crippen molar-refractivity contribution in [1.82, 2.24) is 15.6 Å². The first-order valence-electron chi connectivity index (χ1n) is 8.22. The molecule has 2 aliphatic rings. The summed E-state index contributed by atoms with van der Waals surface area (Å²) in [5.41, 5.74) is 2.45. The maximum atomic E-state index is 12.8. The van der Waals surface area contributed by atoms with E-state index in [4.69, 9.17) is 0 Å². The molecule has 0 radical (unpaired) electrons. The molecule has 2 N–H and O–H groups in total. The minimum absolute atomic E-state index is 0. The van der Waals surface area contributed by atoms with Gasteiger partial charge in [-0.05, 0) is 50.8 Å². The first kappa shape index (κ1) is 20.4. The van der Waals surface area contributed by atoms with E-state index in [9.17, 15) is 4.79 Å². The number of rotatable bonds is 2. The Bertz CT molecular complexity index is 769. The highest BCUT2D eigenvalue weighted by atomic mass is 79.9. The number of fused-ring (bicyclic) bond motifs is 3. The summed E-state index contributed by atoms with van der Waals surface area (Å²) in [4.78, 5) is 17.4. The number of hydrogen-bond donors (Lipinski definition) is 2. The number of nitrogens with zero attached hydrogens (tertiary/aromatic N) is 1. The summed E-state index contributed by atoms with van der Waals surface area (Å²) in [6.45, 7) is 1.93. The van der Waals surface area contributed by atoms with Crippen LogP contribution >= 0.6 is 40.7 Å². The van der Waals surface area contributed by atoms with Crippen LogP contribution in [0.15, 0.2) is 28.7 Å². The molecule has 7 heteroatoms. The highest BCUT2D eigenvalue weighted by Gasteiger charge is 2.34. The van der Waals surface area contributed by atoms with Crippen LogP contribution in [0.3, 0.4) is 0 Å². The molecule has 2 aliphatic heterocycles. The summed E-state index contributed by atoms with van der Waals surface area (Å²) < 4.78 is 0.976. The van der Waals surface area contributed by atoms with Gasteiger partial charge in [0.05, 0.1) is 11.1 Å². The predicted octanol–water partition coefficient (Wildman–Crippen LogP) is 4.16. The molecule has 2 atom stereocenters. The monoisotopic (exact) mass is 445 g/mol. The van der Waals surface area contributed by atoms with E-state index in [-0.39, 0.29) is 36.8 Å². The Morgan fingerprint density at radius 1 is 1.20 bits per heavy atom. The van der Waals surface area contributed by atoms with Crippen LogP contribution in [-0.4, -0.2) is 29.0 Å². The number of benzene rings is 1. The number of amides is 1. The van der Waals surface area contributed by atoms with Crippen LogP contribution in [0, 0.1) is 6.92 Å². The normalized spacial score (nSPS) is 24.3. The molecule has 2 fully saturated rings. The van der Waals surface area contributed by atoms with E-state index in [1.54, 1.807) is 0 Å². The summed E-state index contributed by atoms with van der Waals surface area (Å²) >= 11 is 3.47. The second kappa shape index (κ2) is 8.21. The van der Waals surface area contributed by atoms with Gasteiger partial charge >= 0.3 is 0 Å². The minimum Gasteiger partial charge on any atom is -0.349 e. The molecule has 2 bridgehead atoms. The number of halogens is 3. The summed E-state index contributed by atoms with van der Waals surface area (Å²) in [5.74, 6) is 0.0223. The van der Waals surface area contributed by atoms with E-state index in [2.05, 4.69) is 31.5 Å². The number of carbonyl (C=O) groups excluding carboxylic acids is 1. The molecule has 2 aromatic rings. The van der Waals surface area contributed by atoms with Gasteiger partial charge in [0.15, 0.2) is 0 Å². The van der Waals surface area contributed by atoms with E-state index in [0.29, 0.717) is 12.1 Å². The third-order valence-corrected chi connectivity index (χ3v) is 5.45. The fourth-order valence-corrected chi connectivity index (χ4v) is 4.31. The van der Waals surface area contributed by atoms with E-state index >= 15 is 0 Å². The lowest BCUT2D eigenvalue weighted by Gasteiger charge is -2.29. The smallest absolute Gasteiger partial charge is 0.252 e. The highest BCUT2D eigenvalue weighted by Crippen LogP contribution is 2.28. The highest BCUT2D eigenvalue weighted by molar-refractivity contribution is 9.10. The Morgan fingerprint density at radius 3 is 2.56 bits per heavy atom. The van der Waals surface area contributed by atoms with Gasteiger partial charge in [0.1, 0.15) is 0 Å². The van der Waals surface area contributed by atoms with Crippen molar-refractivity contribution in [3.63, 3.8) is 0 Å². The van der Waals surface area contributed by atoms with Crippen LogP contribution in [0.5, 0.6) is 0 Å². The van der Waals surface area contributed by atoms with Crippen molar-refractivity contribution < 1.29 is 4.79 Å². The Kier molecular flexibility index (Phi) is 6.71. The maximum Gasteiger partial charge on any atom is 0.252 e. The SMILES string of the molecule is Cc1cc(C(=O)NC2CC3CCC(C2)N3)c2ccc(Br)cc2n1.Cl.Cl. The molecule has 1 aromatic heterocycles. The van der Waals surface area contributed by atoms with Crippen molar-refractivity contribution in [1.29, 1.82) is 0 Å². The molecule has 0 aliphatic carbocycles. The van der Waals surface area contributed by atoms with Crippen LogP contribution < -0.4 is 10.6 Å². The Morgan fingerprint density at radius 2 is 1.88 bits per heavy atom. The average Bonchev–Trinajstić information content (AvgIpc) is 2.84. The molecule has 25 heavy (non-hydrogen) atoms. The molecule has 4 nitrogen and oxygen atoms in total. The van der Waals surface area contributed by atoms with Gasteiger partial charge in [-0.2, -0.15) is 0 Å². The zero-order chi connectivity index (χ0) is 16.0. The molecular formula is C18H22BrCl2N3O. The Labute approximate surface area is 168 Å². The van der Waals surface area contributed by atoms with E-state index in [1.807, 2.05) is 31.2 Å². The van der Waals surface area contributed by atoms with Crippen LogP contribution in [0.25, 0.3) is 10.9 Å². The number of hydrogen-bond acceptors (Lipinski definition) is 3. The average molecular weight is 447 g/mol. The van der Waals surface area contributed by atoms with Crippen molar-refractivity contribution in [2.45, 2.75) is 50.7 Å². The zero-order valence-electron chi connectivity index (χ0n) is 13.9. The van der Waals surface area contributed by atoms with Gasteiger partial charge in [-0.3, -0.25) is 9.78 Å². The summed E-state index contributed by atoms with van der Waals surface area (Å²) in [6, 6.07) is 9.20. The second-order valence-corrected chi connectivity index (χ2v) is 7.67. The summed E-state index contributed by atoms with van der Waals surface area (Å²) in [5, 5.41) is 7.77. The van der Waals surface area contributed by atoms with E-state index < -0.39 is 0 Å². The van der Waals surface area contributed by atoms with Gasteiger partial charge < -0.3 is 10.6 Å². The Hall–Kier alpha value is -0.880. The van der Waals surface area contributed by atoms with Crippen LogP contribution in [0.4, 0.5) is 0 Å². The molecule has 0 spiro atoms. The van der Waals surface area contributed by atoms with Crippen LogP contribution in [-0.2, 0) is 0 Å². The van der Waals surface area contributed by atoms with Gasteiger partial charge in [-0.1, -0.05) is 22.0 Å². The number of piperidine rings is 1. The molecule has 2 saturated heterocycles. The van der Waals surface area contributed by atoms with Gasteiger partial charge in [0.25, 0.3) is 5.91 Å². The first-order chi connectivity index (χ1) is 11.1. The largest absolute Gasteiger partial charge is 0.349 e.